The molecular formula is C16H21N3O. The normalized spacial score (nSPS) is 11.4. The Morgan fingerprint density at radius 2 is 1.80 bits per heavy atom. The fourth-order valence-corrected chi connectivity index (χ4v) is 1.80. The van der Waals surface area contributed by atoms with E-state index in [0.717, 1.165) is 17.9 Å². The number of rotatable bonds is 5. The summed E-state index contributed by atoms with van der Waals surface area (Å²) in [5, 5.41) is 0. The van der Waals surface area contributed by atoms with Crippen LogP contribution < -0.4 is 10.5 Å². The highest BCUT2D eigenvalue weighted by molar-refractivity contribution is 5.33. The topological polar surface area (TPSA) is 61.0 Å². The highest BCUT2D eigenvalue weighted by Crippen LogP contribution is 2.29. The van der Waals surface area contributed by atoms with Crippen molar-refractivity contribution in [2.24, 2.45) is 5.73 Å². The van der Waals surface area contributed by atoms with Crippen LogP contribution in [0.15, 0.2) is 36.7 Å². The van der Waals surface area contributed by atoms with Gasteiger partial charge in [-0.15, -0.1) is 0 Å². The molecule has 0 radical (unpaired) electrons. The fraction of sp³-hybridized carbons (Fsp3) is 0.375. The van der Waals surface area contributed by atoms with Crippen LogP contribution in [-0.4, -0.2) is 9.97 Å². The van der Waals surface area contributed by atoms with Crippen LogP contribution in [0.25, 0.3) is 0 Å². The maximum Gasteiger partial charge on any atom is 0.237 e. The van der Waals surface area contributed by atoms with Crippen molar-refractivity contribution in [3.63, 3.8) is 0 Å². The summed E-state index contributed by atoms with van der Waals surface area (Å²) in [5.41, 5.74) is 7.71. The van der Waals surface area contributed by atoms with Gasteiger partial charge < -0.3 is 10.5 Å². The van der Waals surface area contributed by atoms with Gasteiger partial charge in [0.05, 0.1) is 18.1 Å². The molecule has 0 saturated heterocycles. The summed E-state index contributed by atoms with van der Waals surface area (Å²) in [6, 6.07) is 8.12. The van der Waals surface area contributed by atoms with Crippen molar-refractivity contribution in [1.82, 2.24) is 9.97 Å². The molecule has 0 aliphatic rings. The predicted octanol–water partition coefficient (Wildman–Crippen LogP) is 3.42. The maximum atomic E-state index is 5.66. The molecule has 2 aromatic rings. The quantitative estimate of drug-likeness (QED) is 0.905. The van der Waals surface area contributed by atoms with Crippen molar-refractivity contribution in [2.75, 3.05) is 0 Å². The zero-order valence-corrected chi connectivity index (χ0v) is 12.3. The third-order valence-electron chi connectivity index (χ3n) is 3.63. The van der Waals surface area contributed by atoms with E-state index in [1.165, 1.54) is 5.56 Å². The summed E-state index contributed by atoms with van der Waals surface area (Å²) in [6.45, 7) is 7.05. The van der Waals surface area contributed by atoms with E-state index in [1.54, 1.807) is 12.4 Å². The van der Waals surface area contributed by atoms with Gasteiger partial charge in [0.1, 0.15) is 5.75 Å². The van der Waals surface area contributed by atoms with E-state index in [0.29, 0.717) is 12.4 Å². The monoisotopic (exact) mass is 271 g/mol. The fourth-order valence-electron chi connectivity index (χ4n) is 1.80. The number of nitrogens with two attached hydrogens (primary N) is 1. The van der Waals surface area contributed by atoms with Gasteiger partial charge in [-0.1, -0.05) is 32.9 Å². The summed E-state index contributed by atoms with van der Waals surface area (Å²) in [7, 11) is 0. The third-order valence-corrected chi connectivity index (χ3v) is 3.63. The predicted molar refractivity (Wildman–Crippen MR) is 79.8 cm³/mol. The molecular weight excluding hydrogens is 250 g/mol. The molecule has 1 heterocycles. The zero-order chi connectivity index (χ0) is 14.6. The lowest BCUT2D eigenvalue weighted by molar-refractivity contribution is 0.457. The zero-order valence-electron chi connectivity index (χ0n) is 12.3. The summed E-state index contributed by atoms with van der Waals surface area (Å²) in [5.74, 6) is 1.24. The van der Waals surface area contributed by atoms with E-state index in [-0.39, 0.29) is 5.41 Å². The Kier molecular flexibility index (Phi) is 4.35. The second kappa shape index (κ2) is 6.01. The number of hydrogen-bond donors (Lipinski definition) is 1. The molecule has 0 aliphatic carbocycles. The first-order chi connectivity index (χ1) is 9.55. The molecule has 0 bridgehead atoms. The van der Waals surface area contributed by atoms with Crippen LogP contribution in [0.2, 0.25) is 0 Å². The maximum absolute atomic E-state index is 5.66. The van der Waals surface area contributed by atoms with E-state index in [2.05, 4.69) is 42.9 Å². The standard InChI is InChI=1S/C16H21N3O/c1-4-16(2,3)12-5-7-14(8-6-12)20-15-11-18-13(9-17)10-19-15/h5-8,10-11H,4,9,17H2,1-3H3. The summed E-state index contributed by atoms with van der Waals surface area (Å²) in [6.07, 6.45) is 4.31. The number of aromatic nitrogens is 2. The van der Waals surface area contributed by atoms with E-state index in [4.69, 9.17) is 10.5 Å². The van der Waals surface area contributed by atoms with Crippen LogP contribution in [-0.2, 0) is 12.0 Å². The first kappa shape index (κ1) is 14.5. The van der Waals surface area contributed by atoms with Crippen LogP contribution in [0.3, 0.4) is 0 Å². The third kappa shape index (κ3) is 3.33. The molecule has 0 amide bonds. The molecule has 0 fully saturated rings. The van der Waals surface area contributed by atoms with Crippen molar-refractivity contribution >= 4 is 0 Å². The van der Waals surface area contributed by atoms with Gasteiger partial charge in [-0.25, -0.2) is 4.98 Å². The molecule has 106 valence electrons. The Morgan fingerprint density at radius 1 is 1.10 bits per heavy atom. The van der Waals surface area contributed by atoms with Gasteiger partial charge in [-0.2, -0.15) is 0 Å². The lowest BCUT2D eigenvalue weighted by Gasteiger charge is -2.23. The van der Waals surface area contributed by atoms with Gasteiger partial charge in [-0.05, 0) is 29.5 Å². The minimum absolute atomic E-state index is 0.182. The number of nitrogens with zero attached hydrogens (tertiary/aromatic N) is 2. The molecule has 1 aromatic carbocycles. The Bertz CT molecular complexity index is 547. The van der Waals surface area contributed by atoms with Crippen LogP contribution in [0.4, 0.5) is 0 Å². The number of hydrogen-bond acceptors (Lipinski definition) is 4. The smallest absolute Gasteiger partial charge is 0.237 e. The second-order valence-corrected chi connectivity index (χ2v) is 5.41. The minimum atomic E-state index is 0.182. The molecule has 0 aliphatic heterocycles. The van der Waals surface area contributed by atoms with Crippen molar-refractivity contribution in [2.45, 2.75) is 39.2 Å². The number of benzene rings is 1. The van der Waals surface area contributed by atoms with Crippen molar-refractivity contribution < 1.29 is 4.74 Å². The molecule has 2 rings (SSSR count). The molecule has 1 aromatic heterocycles. The Morgan fingerprint density at radius 3 is 2.30 bits per heavy atom. The summed E-state index contributed by atoms with van der Waals surface area (Å²) < 4.78 is 5.66. The van der Waals surface area contributed by atoms with Crippen molar-refractivity contribution in [3.8, 4) is 11.6 Å². The van der Waals surface area contributed by atoms with E-state index in [1.807, 2.05) is 12.1 Å². The van der Waals surface area contributed by atoms with Crippen molar-refractivity contribution in [3.05, 3.63) is 47.9 Å². The van der Waals surface area contributed by atoms with Gasteiger partial charge in [0, 0.05) is 6.54 Å². The van der Waals surface area contributed by atoms with Gasteiger partial charge in [0.2, 0.25) is 5.88 Å². The van der Waals surface area contributed by atoms with Crippen LogP contribution in [0.1, 0.15) is 38.4 Å². The lowest BCUT2D eigenvalue weighted by Crippen LogP contribution is -2.14. The Hall–Kier alpha value is -1.94. The van der Waals surface area contributed by atoms with E-state index < -0.39 is 0 Å². The largest absolute Gasteiger partial charge is 0.438 e. The SMILES string of the molecule is CCC(C)(C)c1ccc(Oc2cnc(CN)cn2)cc1. The Balaban J connectivity index is 2.10. The first-order valence-corrected chi connectivity index (χ1v) is 6.84. The average Bonchev–Trinajstić information content (AvgIpc) is 2.48. The van der Waals surface area contributed by atoms with Gasteiger partial charge in [-0.3, -0.25) is 4.98 Å². The summed E-state index contributed by atoms with van der Waals surface area (Å²) in [4.78, 5) is 8.32. The molecule has 0 spiro atoms. The number of ether oxygens (including phenoxy) is 1. The molecule has 0 unspecified atom stereocenters. The highest BCUT2D eigenvalue weighted by atomic mass is 16.5. The molecule has 0 atom stereocenters. The Labute approximate surface area is 120 Å². The van der Waals surface area contributed by atoms with E-state index >= 15 is 0 Å². The lowest BCUT2D eigenvalue weighted by atomic mass is 9.82. The summed E-state index contributed by atoms with van der Waals surface area (Å²) >= 11 is 0. The average molecular weight is 271 g/mol. The van der Waals surface area contributed by atoms with Crippen molar-refractivity contribution in [1.29, 1.82) is 0 Å². The van der Waals surface area contributed by atoms with Crippen LogP contribution in [0, 0.1) is 0 Å². The molecule has 4 heteroatoms. The minimum Gasteiger partial charge on any atom is -0.438 e. The molecule has 0 saturated carbocycles. The van der Waals surface area contributed by atoms with Gasteiger partial charge >= 0.3 is 0 Å². The van der Waals surface area contributed by atoms with Crippen LogP contribution >= 0.6 is 0 Å². The molecule has 4 nitrogen and oxygen atoms in total. The van der Waals surface area contributed by atoms with Crippen LogP contribution in [0.5, 0.6) is 11.6 Å². The first-order valence-electron chi connectivity index (χ1n) is 6.84. The van der Waals surface area contributed by atoms with Gasteiger partial charge in [0.25, 0.3) is 0 Å². The van der Waals surface area contributed by atoms with E-state index in [9.17, 15) is 0 Å². The highest BCUT2D eigenvalue weighted by Gasteiger charge is 2.17. The van der Waals surface area contributed by atoms with Gasteiger partial charge in [0.15, 0.2) is 0 Å². The molecule has 20 heavy (non-hydrogen) atoms. The second-order valence-electron chi connectivity index (χ2n) is 5.41. The molecule has 2 N–H and O–H groups in total.